The van der Waals surface area contributed by atoms with Crippen LogP contribution in [0.4, 0.5) is 5.82 Å². The third kappa shape index (κ3) is 4.06. The third-order valence-corrected chi connectivity index (χ3v) is 6.22. The zero-order valence-electron chi connectivity index (χ0n) is 18.8. The molecule has 1 fully saturated rings. The van der Waals surface area contributed by atoms with Gasteiger partial charge in [-0.15, -0.1) is 0 Å². The van der Waals surface area contributed by atoms with E-state index in [1.54, 1.807) is 46.6 Å². The van der Waals surface area contributed by atoms with E-state index in [0.717, 1.165) is 0 Å². The van der Waals surface area contributed by atoms with Crippen molar-refractivity contribution in [1.82, 2.24) is 29.3 Å². The standard InChI is InChI=1S/C22H23N8O3Si/c1-4-18(31)28-12-22(34,10-15(28)11-33-3)30-21(24-2)19(20(23)32)16(27-30)6-5-14-7-8-29-17(9-14)25-13-26-29/h4,7-9,13,15,24H,1,10-12H2,2-3H3,(H2,23,32)/t15-,22-/m1/s1. The molecule has 1 aliphatic rings. The minimum absolute atomic E-state index is 0.160. The lowest BCUT2D eigenvalue weighted by molar-refractivity contribution is -0.127. The number of amides is 2. The maximum Gasteiger partial charge on any atom is 0.255 e. The molecule has 0 saturated carbocycles. The van der Waals surface area contributed by atoms with Crippen molar-refractivity contribution in [2.24, 2.45) is 5.73 Å². The highest BCUT2D eigenvalue weighted by Crippen LogP contribution is 2.35. The number of nitrogens with one attached hydrogen (secondary N) is 1. The maximum absolute atomic E-state index is 12.5. The number of ether oxygens (including phenoxy) is 1. The van der Waals surface area contributed by atoms with E-state index in [1.165, 1.54) is 12.4 Å². The van der Waals surface area contributed by atoms with Gasteiger partial charge < -0.3 is 20.7 Å². The van der Waals surface area contributed by atoms with Crippen LogP contribution >= 0.6 is 0 Å². The molecule has 0 aromatic carbocycles. The van der Waals surface area contributed by atoms with E-state index in [0.29, 0.717) is 30.1 Å². The molecule has 12 heteroatoms. The highest BCUT2D eigenvalue weighted by atomic mass is 28.1. The molecule has 34 heavy (non-hydrogen) atoms. The summed E-state index contributed by atoms with van der Waals surface area (Å²) in [7, 11) is 7.08. The molecular weight excluding hydrogens is 452 g/mol. The van der Waals surface area contributed by atoms with Crippen molar-refractivity contribution < 1.29 is 14.3 Å². The summed E-state index contributed by atoms with van der Waals surface area (Å²) in [4.78, 5) is 30.7. The number of hydrogen-bond acceptors (Lipinski definition) is 7. The molecule has 3 N–H and O–H groups in total. The molecule has 3 radical (unpaired) electrons. The molecule has 4 heterocycles. The van der Waals surface area contributed by atoms with Crippen LogP contribution in [0.5, 0.6) is 0 Å². The third-order valence-electron chi connectivity index (χ3n) is 5.64. The number of nitrogens with two attached hydrogens (primary N) is 1. The second kappa shape index (κ2) is 9.12. The van der Waals surface area contributed by atoms with Crippen molar-refractivity contribution in [2.75, 3.05) is 32.6 Å². The lowest BCUT2D eigenvalue weighted by Gasteiger charge is -2.27. The molecule has 3 aromatic heterocycles. The van der Waals surface area contributed by atoms with Crippen LogP contribution in [0.15, 0.2) is 37.3 Å². The highest BCUT2D eigenvalue weighted by Gasteiger charge is 2.46. The number of primary amides is 1. The van der Waals surface area contributed by atoms with Gasteiger partial charge in [-0.3, -0.25) is 9.59 Å². The number of hydrogen-bond donors (Lipinski definition) is 2. The molecule has 2 atom stereocenters. The van der Waals surface area contributed by atoms with Crippen LogP contribution < -0.4 is 11.1 Å². The predicted octanol–water partition coefficient (Wildman–Crippen LogP) is -0.279. The molecule has 1 aliphatic heterocycles. The number of anilines is 1. The quantitative estimate of drug-likeness (QED) is 0.285. The summed E-state index contributed by atoms with van der Waals surface area (Å²) in [5.41, 5.74) is 7.41. The number of carbonyl (C=O) groups is 2. The van der Waals surface area contributed by atoms with Crippen LogP contribution in [-0.2, 0) is 14.7 Å². The largest absolute Gasteiger partial charge is 0.383 e. The van der Waals surface area contributed by atoms with Gasteiger partial charge in [0.25, 0.3) is 5.91 Å². The number of methoxy groups -OCH3 is 1. The Hall–Kier alpha value is -3.95. The molecule has 11 nitrogen and oxygen atoms in total. The van der Waals surface area contributed by atoms with Crippen LogP contribution in [0.3, 0.4) is 0 Å². The van der Waals surface area contributed by atoms with Gasteiger partial charge in [-0.1, -0.05) is 12.5 Å². The SMILES string of the molecule is C=CC(=O)N1C[C@@]([Si])(n2nc(C#Cc3ccn4ncnc4c3)c(C(N)=O)c2NC)C[C@@H]1COC. The Morgan fingerprint density at radius 3 is 2.94 bits per heavy atom. The Bertz CT molecular complexity index is 1340. The molecular formula is C22H23N8O3Si. The summed E-state index contributed by atoms with van der Waals surface area (Å²) in [6.07, 6.45) is 4.93. The fraction of sp³-hybridized carbons (Fsp3) is 0.318. The van der Waals surface area contributed by atoms with Gasteiger partial charge in [0.2, 0.25) is 5.91 Å². The first kappa shape index (κ1) is 23.2. The van der Waals surface area contributed by atoms with Gasteiger partial charge in [0.05, 0.1) is 28.1 Å². The number of pyridine rings is 1. The second-order valence-electron chi connectivity index (χ2n) is 7.84. The summed E-state index contributed by atoms with van der Waals surface area (Å²) in [6, 6.07) is 3.34. The molecule has 0 bridgehead atoms. The topological polar surface area (TPSA) is 133 Å². The predicted molar refractivity (Wildman–Crippen MR) is 125 cm³/mol. The molecule has 0 aliphatic carbocycles. The summed E-state index contributed by atoms with van der Waals surface area (Å²) in [5, 5.41) is 10.9. The Morgan fingerprint density at radius 1 is 1.47 bits per heavy atom. The number of aromatic nitrogens is 5. The first-order valence-corrected chi connectivity index (χ1v) is 10.9. The van der Waals surface area contributed by atoms with Gasteiger partial charge in [-0.2, -0.15) is 10.2 Å². The van der Waals surface area contributed by atoms with E-state index in [2.05, 4.69) is 49.2 Å². The second-order valence-corrected chi connectivity index (χ2v) is 8.77. The first-order chi connectivity index (χ1) is 16.3. The van der Waals surface area contributed by atoms with Gasteiger partial charge in [0.1, 0.15) is 17.7 Å². The van der Waals surface area contributed by atoms with Crippen LogP contribution in [0.25, 0.3) is 5.65 Å². The van der Waals surface area contributed by atoms with E-state index in [9.17, 15) is 9.59 Å². The van der Waals surface area contributed by atoms with Crippen LogP contribution in [-0.4, -0.2) is 84.7 Å². The monoisotopic (exact) mass is 475 g/mol. The number of rotatable bonds is 6. The average molecular weight is 476 g/mol. The average Bonchev–Trinajstić information content (AvgIpc) is 3.52. The van der Waals surface area contributed by atoms with Crippen molar-refractivity contribution >= 4 is 33.5 Å². The molecule has 173 valence electrons. The van der Waals surface area contributed by atoms with Gasteiger partial charge in [-0.25, -0.2) is 14.2 Å². The van der Waals surface area contributed by atoms with Gasteiger partial charge in [0.15, 0.2) is 11.3 Å². The Morgan fingerprint density at radius 2 is 2.26 bits per heavy atom. The lowest BCUT2D eigenvalue weighted by Crippen LogP contribution is -2.41. The van der Waals surface area contributed by atoms with Crippen molar-refractivity contribution in [2.45, 2.75) is 17.6 Å². The normalized spacial score (nSPS) is 19.6. The van der Waals surface area contributed by atoms with E-state index in [-0.39, 0.29) is 29.8 Å². The van der Waals surface area contributed by atoms with E-state index >= 15 is 0 Å². The molecule has 3 aromatic rings. The Balaban J connectivity index is 1.77. The molecule has 0 spiro atoms. The minimum Gasteiger partial charge on any atom is -0.383 e. The minimum atomic E-state index is -0.829. The van der Waals surface area contributed by atoms with Gasteiger partial charge in [-0.05, 0) is 30.6 Å². The molecule has 0 unspecified atom stereocenters. The summed E-state index contributed by atoms with van der Waals surface area (Å²) >= 11 is 0. The fourth-order valence-electron chi connectivity index (χ4n) is 4.15. The Labute approximate surface area is 199 Å². The van der Waals surface area contributed by atoms with Crippen LogP contribution in [0, 0.1) is 11.8 Å². The van der Waals surface area contributed by atoms with Crippen LogP contribution in [0.1, 0.15) is 28.0 Å². The van der Waals surface area contributed by atoms with Crippen molar-refractivity contribution in [1.29, 1.82) is 0 Å². The highest BCUT2D eigenvalue weighted by molar-refractivity contribution is 6.15. The number of fused-ring (bicyclic) bond motifs is 1. The van der Waals surface area contributed by atoms with Crippen molar-refractivity contribution in [3.63, 3.8) is 0 Å². The van der Waals surface area contributed by atoms with Crippen LogP contribution in [0.2, 0.25) is 0 Å². The first-order valence-electron chi connectivity index (χ1n) is 10.4. The molecule has 4 rings (SSSR count). The zero-order chi connectivity index (χ0) is 24.5. The Kier molecular flexibility index (Phi) is 6.23. The van der Waals surface area contributed by atoms with Crippen molar-refractivity contribution in [3.05, 3.63) is 54.1 Å². The number of nitrogens with zero attached hydrogens (tertiary/aromatic N) is 6. The lowest BCUT2D eigenvalue weighted by atomic mass is 10.1. The summed E-state index contributed by atoms with van der Waals surface area (Å²) in [6.45, 7) is 4.20. The van der Waals surface area contributed by atoms with E-state index in [4.69, 9.17) is 10.5 Å². The van der Waals surface area contributed by atoms with Crippen molar-refractivity contribution in [3.8, 4) is 11.8 Å². The summed E-state index contributed by atoms with van der Waals surface area (Å²) < 4.78 is 8.55. The summed E-state index contributed by atoms with van der Waals surface area (Å²) in [5.74, 6) is 5.47. The zero-order valence-corrected chi connectivity index (χ0v) is 19.8. The van der Waals surface area contributed by atoms with E-state index < -0.39 is 11.1 Å². The molecule has 1 saturated heterocycles. The number of likely N-dealkylation sites (tertiary alicyclic amines) is 1. The smallest absolute Gasteiger partial charge is 0.255 e. The molecule has 2 amide bonds. The fourth-order valence-corrected chi connectivity index (χ4v) is 4.72. The van der Waals surface area contributed by atoms with E-state index in [1.807, 2.05) is 0 Å². The number of carbonyl (C=O) groups excluding carboxylic acids is 2. The van der Waals surface area contributed by atoms with Gasteiger partial charge >= 0.3 is 0 Å². The van der Waals surface area contributed by atoms with Gasteiger partial charge in [0, 0.05) is 32.5 Å². The maximum atomic E-state index is 12.5.